The molecule has 2 saturated heterocycles. The van der Waals surface area contributed by atoms with Gasteiger partial charge in [0.1, 0.15) is 0 Å². The standard InChI is InChI=1S/C23H34O4/c1-20-8-6-15(24)12-14(20)4-5-16-17(20)7-9-21(2)18(16)13-19-23(21,27-19)22(3)25-10-11-26-22/h4,15-19,24H,5-13H2,1-3H3/t15-,16+,17-,18-,19+,20-,21-,23+/m0/s1. The molecule has 0 aromatic carbocycles. The van der Waals surface area contributed by atoms with Gasteiger partial charge in [-0.15, -0.1) is 0 Å². The first-order valence-corrected chi connectivity index (χ1v) is 11.2. The first-order valence-electron chi connectivity index (χ1n) is 11.2. The maximum Gasteiger partial charge on any atom is 0.198 e. The molecule has 27 heavy (non-hydrogen) atoms. The summed E-state index contributed by atoms with van der Waals surface area (Å²) in [4.78, 5) is 0. The average Bonchev–Trinajstić information content (AvgIpc) is 3.12. The number of aliphatic hydroxyl groups is 1. The molecule has 5 fully saturated rings. The lowest BCUT2D eigenvalue weighted by molar-refractivity contribution is -0.234. The molecular weight excluding hydrogens is 340 g/mol. The van der Waals surface area contributed by atoms with Crippen LogP contribution in [0.4, 0.5) is 0 Å². The van der Waals surface area contributed by atoms with E-state index in [-0.39, 0.29) is 17.1 Å². The van der Waals surface area contributed by atoms with Gasteiger partial charge in [0.15, 0.2) is 11.4 Å². The van der Waals surface area contributed by atoms with Crippen LogP contribution in [-0.2, 0) is 14.2 Å². The zero-order valence-electron chi connectivity index (χ0n) is 17.0. The summed E-state index contributed by atoms with van der Waals surface area (Å²) in [6, 6.07) is 0. The average molecular weight is 375 g/mol. The Labute approximate surface area is 162 Å². The Morgan fingerprint density at radius 1 is 1.04 bits per heavy atom. The molecule has 0 unspecified atom stereocenters. The third kappa shape index (κ3) is 1.90. The predicted molar refractivity (Wildman–Crippen MR) is 101 cm³/mol. The highest BCUT2D eigenvalue weighted by Crippen LogP contribution is 2.76. The summed E-state index contributed by atoms with van der Waals surface area (Å²) < 4.78 is 18.7. The highest BCUT2D eigenvalue weighted by atomic mass is 16.8. The van der Waals surface area contributed by atoms with Gasteiger partial charge in [-0.1, -0.05) is 25.5 Å². The Morgan fingerprint density at radius 2 is 1.81 bits per heavy atom. The molecule has 0 bridgehead atoms. The molecule has 0 radical (unpaired) electrons. The van der Waals surface area contributed by atoms with Crippen LogP contribution in [-0.4, -0.2) is 41.9 Å². The van der Waals surface area contributed by atoms with Crippen molar-refractivity contribution < 1.29 is 19.3 Å². The van der Waals surface area contributed by atoms with Crippen molar-refractivity contribution in [2.24, 2.45) is 28.6 Å². The molecule has 4 heteroatoms. The molecule has 150 valence electrons. The number of hydrogen-bond acceptors (Lipinski definition) is 4. The van der Waals surface area contributed by atoms with Gasteiger partial charge in [0.05, 0.1) is 25.4 Å². The van der Waals surface area contributed by atoms with Gasteiger partial charge >= 0.3 is 0 Å². The minimum absolute atomic E-state index is 0.123. The number of epoxide rings is 1. The summed E-state index contributed by atoms with van der Waals surface area (Å²) in [6.07, 6.45) is 10.6. The highest BCUT2D eigenvalue weighted by Gasteiger charge is 2.84. The fourth-order valence-corrected chi connectivity index (χ4v) is 8.64. The molecule has 8 atom stereocenters. The van der Waals surface area contributed by atoms with Crippen LogP contribution in [0.1, 0.15) is 65.7 Å². The molecule has 2 heterocycles. The summed E-state index contributed by atoms with van der Waals surface area (Å²) >= 11 is 0. The van der Waals surface area contributed by atoms with E-state index in [1.807, 2.05) is 0 Å². The molecule has 4 nitrogen and oxygen atoms in total. The van der Waals surface area contributed by atoms with Crippen LogP contribution in [0.25, 0.3) is 0 Å². The molecule has 6 rings (SSSR count). The van der Waals surface area contributed by atoms with Crippen LogP contribution in [0.3, 0.4) is 0 Å². The molecule has 0 spiro atoms. The molecule has 0 aromatic rings. The Balaban J connectivity index is 1.36. The Hall–Kier alpha value is -0.420. The summed E-state index contributed by atoms with van der Waals surface area (Å²) in [5.74, 6) is 1.63. The van der Waals surface area contributed by atoms with Gasteiger partial charge < -0.3 is 19.3 Å². The summed E-state index contributed by atoms with van der Waals surface area (Å²) in [6.45, 7) is 8.48. The molecular formula is C23H34O4. The van der Waals surface area contributed by atoms with Crippen LogP contribution in [0, 0.1) is 28.6 Å². The lowest BCUT2D eigenvalue weighted by atomic mass is 9.46. The summed E-state index contributed by atoms with van der Waals surface area (Å²) in [7, 11) is 0. The van der Waals surface area contributed by atoms with E-state index in [0.717, 1.165) is 31.1 Å². The zero-order valence-corrected chi connectivity index (χ0v) is 17.0. The molecule has 6 aliphatic rings. The normalized spacial score (nSPS) is 57.9. The number of hydrogen-bond donors (Lipinski definition) is 1. The molecule has 0 amide bonds. The third-order valence-electron chi connectivity index (χ3n) is 10.0. The van der Waals surface area contributed by atoms with Gasteiger partial charge in [-0.05, 0) is 75.0 Å². The second-order valence-electron chi connectivity index (χ2n) is 10.8. The van der Waals surface area contributed by atoms with Gasteiger partial charge in [0.25, 0.3) is 0 Å². The van der Waals surface area contributed by atoms with Crippen LogP contribution < -0.4 is 0 Å². The van der Waals surface area contributed by atoms with Crippen molar-refractivity contribution in [2.75, 3.05) is 13.2 Å². The fraction of sp³-hybridized carbons (Fsp3) is 0.913. The second-order valence-corrected chi connectivity index (χ2v) is 10.8. The third-order valence-corrected chi connectivity index (χ3v) is 10.0. The first kappa shape index (κ1) is 17.4. The molecule has 0 aromatic heterocycles. The van der Waals surface area contributed by atoms with Gasteiger partial charge in [-0.2, -0.15) is 0 Å². The largest absolute Gasteiger partial charge is 0.393 e. The maximum absolute atomic E-state index is 10.2. The number of ether oxygens (including phenoxy) is 3. The minimum atomic E-state index is -0.567. The van der Waals surface area contributed by atoms with E-state index in [9.17, 15) is 5.11 Å². The number of allylic oxidation sites excluding steroid dienone is 1. The minimum Gasteiger partial charge on any atom is -0.393 e. The van der Waals surface area contributed by atoms with E-state index in [0.29, 0.717) is 30.7 Å². The van der Waals surface area contributed by atoms with Crippen LogP contribution >= 0.6 is 0 Å². The van der Waals surface area contributed by atoms with E-state index in [1.54, 1.807) is 5.57 Å². The topological polar surface area (TPSA) is 51.2 Å². The van der Waals surface area contributed by atoms with Crippen LogP contribution in [0.15, 0.2) is 11.6 Å². The summed E-state index contributed by atoms with van der Waals surface area (Å²) in [5, 5.41) is 10.2. The van der Waals surface area contributed by atoms with E-state index in [4.69, 9.17) is 14.2 Å². The smallest absolute Gasteiger partial charge is 0.198 e. The SMILES string of the molecule is CC1([C@@]23O[C@@H]2C[C@H]2[C@@H]4CC=C5C[C@@H](O)CC[C@]5(C)[C@H]4CC[C@@]23C)OCCO1. The van der Waals surface area contributed by atoms with E-state index in [1.165, 1.54) is 25.7 Å². The number of aliphatic hydroxyl groups excluding tert-OH is 1. The van der Waals surface area contributed by atoms with Gasteiger partial charge in [-0.3, -0.25) is 0 Å². The van der Waals surface area contributed by atoms with Crippen molar-refractivity contribution in [3.63, 3.8) is 0 Å². The number of fused-ring (bicyclic) bond motifs is 7. The molecule has 3 saturated carbocycles. The van der Waals surface area contributed by atoms with E-state index in [2.05, 4.69) is 26.8 Å². The quantitative estimate of drug-likeness (QED) is 0.560. The van der Waals surface area contributed by atoms with Crippen molar-refractivity contribution in [3.05, 3.63) is 11.6 Å². The monoisotopic (exact) mass is 374 g/mol. The number of rotatable bonds is 1. The van der Waals surface area contributed by atoms with Gasteiger partial charge in [0.2, 0.25) is 0 Å². The lowest BCUT2D eigenvalue weighted by Gasteiger charge is -2.59. The Kier molecular flexibility index (Phi) is 3.35. The molecule has 1 N–H and O–H groups in total. The molecule has 2 aliphatic heterocycles. The second kappa shape index (κ2) is 5.19. The van der Waals surface area contributed by atoms with Crippen LogP contribution in [0.5, 0.6) is 0 Å². The predicted octanol–water partition coefficient (Wildman–Crippen LogP) is 3.82. The lowest BCUT2D eigenvalue weighted by Crippen LogP contribution is -2.59. The summed E-state index contributed by atoms with van der Waals surface area (Å²) in [5.41, 5.74) is 1.76. The van der Waals surface area contributed by atoms with Gasteiger partial charge in [0, 0.05) is 5.41 Å². The van der Waals surface area contributed by atoms with Crippen molar-refractivity contribution in [1.82, 2.24) is 0 Å². The van der Waals surface area contributed by atoms with E-state index < -0.39 is 5.79 Å². The maximum atomic E-state index is 10.2. The van der Waals surface area contributed by atoms with E-state index >= 15 is 0 Å². The van der Waals surface area contributed by atoms with Crippen molar-refractivity contribution >= 4 is 0 Å². The Morgan fingerprint density at radius 3 is 2.59 bits per heavy atom. The van der Waals surface area contributed by atoms with Crippen LogP contribution in [0.2, 0.25) is 0 Å². The highest BCUT2D eigenvalue weighted by molar-refractivity contribution is 5.32. The Bertz CT molecular complexity index is 696. The fourth-order valence-electron chi connectivity index (χ4n) is 8.64. The van der Waals surface area contributed by atoms with Gasteiger partial charge in [-0.25, -0.2) is 0 Å². The zero-order chi connectivity index (χ0) is 18.7. The van der Waals surface area contributed by atoms with Crippen molar-refractivity contribution in [1.29, 1.82) is 0 Å². The van der Waals surface area contributed by atoms with Crippen molar-refractivity contribution in [3.8, 4) is 0 Å². The molecule has 4 aliphatic carbocycles. The van der Waals surface area contributed by atoms with Crippen molar-refractivity contribution in [2.45, 2.75) is 89.3 Å². The first-order chi connectivity index (χ1) is 12.8.